The number of anilines is 1. The number of carbonyl (C=O) groups excluding carboxylic acids is 3. The Morgan fingerprint density at radius 2 is 1.74 bits per heavy atom. The number of nitrogens with one attached hydrogen (secondary N) is 1. The third-order valence-corrected chi connectivity index (χ3v) is 5.92. The summed E-state index contributed by atoms with van der Waals surface area (Å²) in [7, 11) is 2.52. The molecule has 35 heavy (non-hydrogen) atoms. The van der Waals surface area contributed by atoms with Gasteiger partial charge in [-0.15, -0.1) is 0 Å². The Hall–Kier alpha value is -4.05. The molecule has 1 saturated heterocycles. The van der Waals surface area contributed by atoms with Gasteiger partial charge in [-0.3, -0.25) is 9.69 Å². The molecule has 182 valence electrons. The summed E-state index contributed by atoms with van der Waals surface area (Å²) in [5, 5.41) is 6.84. The third kappa shape index (κ3) is 5.72. The number of piperidine rings is 1. The lowest BCUT2D eigenvalue weighted by atomic mass is 9.95. The smallest absolute Gasteiger partial charge is 0.339 e. The zero-order valence-electron chi connectivity index (χ0n) is 19.5. The monoisotopic (exact) mass is 478 g/mol. The molecule has 1 amide bonds. The van der Waals surface area contributed by atoms with Gasteiger partial charge in [0, 0.05) is 11.5 Å². The van der Waals surface area contributed by atoms with Crippen LogP contribution in [0.25, 0.3) is 11.4 Å². The first-order valence-electron chi connectivity index (χ1n) is 11.2. The summed E-state index contributed by atoms with van der Waals surface area (Å²) in [6.45, 7) is 1.85. The van der Waals surface area contributed by atoms with Gasteiger partial charge >= 0.3 is 11.9 Å². The highest BCUT2D eigenvalue weighted by Gasteiger charge is 2.27. The van der Waals surface area contributed by atoms with Gasteiger partial charge in [0.1, 0.15) is 0 Å². The molecule has 0 radical (unpaired) electrons. The van der Waals surface area contributed by atoms with Gasteiger partial charge in [0.15, 0.2) is 0 Å². The first kappa shape index (κ1) is 24.1. The van der Waals surface area contributed by atoms with E-state index in [2.05, 4.69) is 20.4 Å². The van der Waals surface area contributed by atoms with Crippen molar-refractivity contribution in [1.82, 2.24) is 15.0 Å². The number of amides is 1. The van der Waals surface area contributed by atoms with Crippen molar-refractivity contribution in [2.75, 3.05) is 32.6 Å². The molecular weight excluding hydrogens is 452 g/mol. The molecule has 1 aromatic heterocycles. The molecule has 10 nitrogen and oxygen atoms in total. The summed E-state index contributed by atoms with van der Waals surface area (Å²) in [5.41, 5.74) is 1.49. The van der Waals surface area contributed by atoms with Gasteiger partial charge in [-0.1, -0.05) is 35.5 Å². The zero-order valence-corrected chi connectivity index (χ0v) is 19.5. The molecule has 3 aromatic rings. The lowest BCUT2D eigenvalue weighted by Gasteiger charge is -2.30. The summed E-state index contributed by atoms with van der Waals surface area (Å²) < 4.78 is 14.9. The van der Waals surface area contributed by atoms with Gasteiger partial charge in [0.25, 0.3) is 0 Å². The predicted molar refractivity (Wildman–Crippen MR) is 125 cm³/mol. The molecule has 2 heterocycles. The molecule has 4 rings (SSSR count). The Labute approximate surface area is 202 Å². The molecule has 0 bridgehead atoms. The average molecular weight is 479 g/mol. The number of benzene rings is 2. The van der Waals surface area contributed by atoms with E-state index in [0.29, 0.717) is 44.2 Å². The van der Waals surface area contributed by atoms with Crippen LogP contribution < -0.4 is 5.32 Å². The van der Waals surface area contributed by atoms with E-state index in [4.69, 9.17) is 14.0 Å². The standard InChI is InChI=1S/C25H26N4O6/c1-33-24(31)18-8-9-19(25(32)34-2)20(14-18)26-23(30)17-10-12-29(13-11-17)15-21-27-22(28-35-21)16-6-4-3-5-7-16/h3-9,14,17H,10-13,15H2,1-2H3,(H,26,30). The Morgan fingerprint density at radius 3 is 2.43 bits per heavy atom. The lowest BCUT2D eigenvalue weighted by molar-refractivity contribution is -0.121. The summed E-state index contributed by atoms with van der Waals surface area (Å²) in [4.78, 5) is 43.6. The van der Waals surface area contributed by atoms with Crippen molar-refractivity contribution in [2.45, 2.75) is 19.4 Å². The van der Waals surface area contributed by atoms with E-state index < -0.39 is 11.9 Å². The summed E-state index contributed by atoms with van der Waals surface area (Å²) >= 11 is 0. The number of likely N-dealkylation sites (tertiary alicyclic amines) is 1. The van der Waals surface area contributed by atoms with E-state index in [0.717, 1.165) is 5.56 Å². The first-order chi connectivity index (χ1) is 17.0. The van der Waals surface area contributed by atoms with Crippen molar-refractivity contribution in [3.05, 3.63) is 65.5 Å². The Morgan fingerprint density at radius 1 is 1.03 bits per heavy atom. The molecule has 1 N–H and O–H groups in total. The van der Waals surface area contributed by atoms with E-state index in [1.165, 1.54) is 32.4 Å². The Bertz CT molecular complexity index is 1200. The largest absolute Gasteiger partial charge is 0.465 e. The number of aromatic nitrogens is 2. The van der Waals surface area contributed by atoms with Crippen LogP contribution in [0.4, 0.5) is 5.69 Å². The van der Waals surface area contributed by atoms with Crippen LogP contribution in [-0.2, 0) is 20.8 Å². The van der Waals surface area contributed by atoms with Crippen LogP contribution >= 0.6 is 0 Å². The summed E-state index contributed by atoms with van der Waals surface area (Å²) in [6.07, 6.45) is 1.24. The SMILES string of the molecule is COC(=O)c1ccc(C(=O)OC)c(NC(=O)C2CCN(Cc3nc(-c4ccccc4)no3)CC2)c1. The first-order valence-corrected chi connectivity index (χ1v) is 11.2. The number of nitrogens with zero attached hydrogens (tertiary/aromatic N) is 3. The number of hydrogen-bond donors (Lipinski definition) is 1. The minimum absolute atomic E-state index is 0.163. The molecule has 1 aliphatic rings. The zero-order chi connectivity index (χ0) is 24.8. The molecule has 0 atom stereocenters. The van der Waals surface area contributed by atoms with E-state index in [1.54, 1.807) is 0 Å². The van der Waals surface area contributed by atoms with Gasteiger partial charge in [-0.2, -0.15) is 4.98 Å². The second-order valence-electron chi connectivity index (χ2n) is 8.16. The quantitative estimate of drug-likeness (QED) is 0.510. The van der Waals surface area contributed by atoms with Gasteiger partial charge in [-0.25, -0.2) is 9.59 Å². The highest BCUT2D eigenvalue weighted by Crippen LogP contribution is 2.24. The van der Waals surface area contributed by atoms with Crippen LogP contribution in [0.3, 0.4) is 0 Å². The molecule has 0 saturated carbocycles. The van der Waals surface area contributed by atoms with Crippen LogP contribution in [-0.4, -0.2) is 60.2 Å². The predicted octanol–water partition coefficient (Wildman–Crippen LogP) is 3.16. The molecule has 2 aromatic carbocycles. The maximum absolute atomic E-state index is 13.0. The van der Waals surface area contributed by atoms with Crippen molar-refractivity contribution < 1.29 is 28.4 Å². The molecular formula is C25H26N4O6. The van der Waals surface area contributed by atoms with E-state index in [1.807, 2.05) is 30.3 Å². The number of carbonyl (C=O) groups is 3. The van der Waals surface area contributed by atoms with E-state index in [-0.39, 0.29) is 28.6 Å². The number of hydrogen-bond acceptors (Lipinski definition) is 9. The van der Waals surface area contributed by atoms with Crippen LogP contribution in [0.1, 0.15) is 39.4 Å². The second-order valence-corrected chi connectivity index (χ2v) is 8.16. The molecule has 1 fully saturated rings. The maximum Gasteiger partial charge on any atom is 0.339 e. The van der Waals surface area contributed by atoms with Gasteiger partial charge in [0.2, 0.25) is 17.6 Å². The maximum atomic E-state index is 13.0. The Balaban J connectivity index is 1.36. The van der Waals surface area contributed by atoms with Crippen molar-refractivity contribution in [3.63, 3.8) is 0 Å². The number of rotatable bonds is 7. The average Bonchev–Trinajstić information content (AvgIpc) is 3.37. The molecule has 0 spiro atoms. The van der Waals surface area contributed by atoms with Crippen molar-refractivity contribution in [1.29, 1.82) is 0 Å². The fraction of sp³-hybridized carbons (Fsp3) is 0.320. The van der Waals surface area contributed by atoms with E-state index >= 15 is 0 Å². The summed E-state index contributed by atoms with van der Waals surface area (Å²) in [5.74, 6) is -0.579. The van der Waals surface area contributed by atoms with Gasteiger partial charge < -0.3 is 19.3 Å². The highest BCUT2D eigenvalue weighted by molar-refractivity contribution is 6.04. The van der Waals surface area contributed by atoms with Crippen LogP contribution in [0.15, 0.2) is 53.1 Å². The topological polar surface area (TPSA) is 124 Å². The minimum Gasteiger partial charge on any atom is -0.465 e. The molecule has 10 heteroatoms. The minimum atomic E-state index is -0.610. The molecule has 1 aliphatic heterocycles. The number of ether oxygens (including phenoxy) is 2. The highest BCUT2D eigenvalue weighted by atomic mass is 16.5. The lowest BCUT2D eigenvalue weighted by Crippen LogP contribution is -2.38. The van der Waals surface area contributed by atoms with Crippen LogP contribution in [0.5, 0.6) is 0 Å². The van der Waals surface area contributed by atoms with E-state index in [9.17, 15) is 14.4 Å². The van der Waals surface area contributed by atoms with Gasteiger partial charge in [0.05, 0.1) is 37.6 Å². The van der Waals surface area contributed by atoms with Crippen LogP contribution in [0, 0.1) is 5.92 Å². The van der Waals surface area contributed by atoms with Crippen molar-refractivity contribution >= 4 is 23.5 Å². The molecule has 0 aliphatic carbocycles. The molecule has 0 unspecified atom stereocenters. The fourth-order valence-corrected chi connectivity index (χ4v) is 3.98. The van der Waals surface area contributed by atoms with Crippen molar-refractivity contribution in [2.24, 2.45) is 5.92 Å². The fourth-order valence-electron chi connectivity index (χ4n) is 3.98. The third-order valence-electron chi connectivity index (χ3n) is 5.92. The number of esters is 2. The van der Waals surface area contributed by atoms with Crippen LogP contribution in [0.2, 0.25) is 0 Å². The van der Waals surface area contributed by atoms with Crippen molar-refractivity contribution in [3.8, 4) is 11.4 Å². The Kier molecular flexibility index (Phi) is 7.51. The normalized spacial score (nSPS) is 14.3. The second kappa shape index (κ2) is 10.9. The number of methoxy groups -OCH3 is 2. The van der Waals surface area contributed by atoms with Gasteiger partial charge in [-0.05, 0) is 44.1 Å². The summed E-state index contributed by atoms with van der Waals surface area (Å²) in [6, 6.07) is 13.9.